The molecule has 212 valence electrons. The minimum absolute atomic E-state index is 0.0148. The van der Waals surface area contributed by atoms with Crippen molar-refractivity contribution in [3.63, 3.8) is 0 Å². The molecule has 0 bridgehead atoms. The van der Waals surface area contributed by atoms with Crippen LogP contribution in [0, 0.1) is 5.41 Å². The van der Waals surface area contributed by atoms with E-state index in [-0.39, 0.29) is 23.7 Å². The second kappa shape index (κ2) is 10.9. The number of Topliss-reactive ketones (excluding diaryl/α,β-unsaturated/α-hetero) is 1. The molecule has 1 unspecified atom stereocenters. The van der Waals surface area contributed by atoms with Gasteiger partial charge in [0.25, 0.3) is 0 Å². The number of rotatable bonds is 5. The first-order chi connectivity index (χ1) is 19.8. The number of aromatic nitrogens is 2. The summed E-state index contributed by atoms with van der Waals surface area (Å²) in [5.74, 6) is 1.49. The highest BCUT2D eigenvalue weighted by Crippen LogP contribution is 2.49. The number of methoxy groups -OCH3 is 1. The Bertz CT molecular complexity index is 1480. The number of carbonyl (C=O) groups is 2. The van der Waals surface area contributed by atoms with Gasteiger partial charge in [-0.15, -0.1) is 0 Å². The van der Waals surface area contributed by atoms with Crippen molar-refractivity contribution in [2.75, 3.05) is 55.0 Å². The molecule has 1 amide bonds. The van der Waals surface area contributed by atoms with Crippen LogP contribution in [0.25, 0.3) is 0 Å². The lowest BCUT2D eigenvalue weighted by atomic mass is 9.73. The van der Waals surface area contributed by atoms with Crippen LogP contribution in [0.15, 0.2) is 78.3 Å². The van der Waals surface area contributed by atoms with Gasteiger partial charge in [-0.05, 0) is 36.1 Å². The Balaban J connectivity index is 1.38. The molecule has 1 atom stereocenters. The Morgan fingerprint density at radius 1 is 0.976 bits per heavy atom. The summed E-state index contributed by atoms with van der Waals surface area (Å²) in [4.78, 5) is 42.8. The van der Waals surface area contributed by atoms with Gasteiger partial charge in [-0.3, -0.25) is 9.59 Å². The highest BCUT2D eigenvalue weighted by molar-refractivity contribution is 6.02. The largest absolute Gasteiger partial charge is 0.496 e. The molecular formula is C32H36N6O3. The zero-order chi connectivity index (χ0) is 28.6. The number of anilines is 3. The second-order valence-corrected chi connectivity index (χ2v) is 11.7. The lowest BCUT2D eigenvalue weighted by Crippen LogP contribution is -2.52. The summed E-state index contributed by atoms with van der Waals surface area (Å²) in [6, 6.07) is 17.1. The Morgan fingerprint density at radius 3 is 2.44 bits per heavy atom. The molecule has 1 fully saturated rings. The van der Waals surface area contributed by atoms with Gasteiger partial charge in [0.05, 0.1) is 31.1 Å². The zero-order valence-electron chi connectivity index (χ0n) is 23.8. The molecule has 1 aromatic heterocycles. The summed E-state index contributed by atoms with van der Waals surface area (Å²) in [7, 11) is 1.65. The van der Waals surface area contributed by atoms with Crippen LogP contribution >= 0.6 is 0 Å². The minimum Gasteiger partial charge on any atom is -0.496 e. The van der Waals surface area contributed by atoms with E-state index in [1.54, 1.807) is 25.6 Å². The van der Waals surface area contributed by atoms with E-state index < -0.39 is 6.04 Å². The number of hydrogen-bond acceptors (Lipinski definition) is 8. The van der Waals surface area contributed by atoms with Crippen molar-refractivity contribution >= 4 is 29.0 Å². The number of carbonyl (C=O) groups excluding carboxylic acids is 2. The fourth-order valence-electron chi connectivity index (χ4n) is 6.30. The van der Waals surface area contributed by atoms with E-state index in [0.29, 0.717) is 49.9 Å². The molecule has 1 N–H and O–H groups in total. The molecule has 1 saturated heterocycles. The van der Waals surface area contributed by atoms with Gasteiger partial charge in [0.15, 0.2) is 5.78 Å². The number of nitrogens with zero attached hydrogens (tertiary/aromatic N) is 5. The maximum Gasteiger partial charge on any atom is 0.242 e. The summed E-state index contributed by atoms with van der Waals surface area (Å²) in [6.45, 7) is 6.85. The Kier molecular flexibility index (Phi) is 7.11. The standard InChI is InChI=1S/C32H36N6O3/c1-32(2)19-24-29(26(39)20-32)30(22-9-4-7-12-27(22)41-3)38(25-11-6-5-10-23(25)35-24)21-28(40)36-15-17-37(18-16-36)31-33-13-8-14-34-31/h4-14,30,35H,15-21H2,1-3H3. The molecule has 1 aliphatic carbocycles. The molecule has 0 radical (unpaired) electrons. The van der Waals surface area contributed by atoms with Crippen LogP contribution in [0.5, 0.6) is 5.75 Å². The van der Waals surface area contributed by atoms with E-state index in [0.717, 1.165) is 29.1 Å². The number of ether oxygens (including phenoxy) is 1. The van der Waals surface area contributed by atoms with Gasteiger partial charge in [0.2, 0.25) is 11.9 Å². The van der Waals surface area contributed by atoms with Crippen LogP contribution in [0.3, 0.4) is 0 Å². The summed E-state index contributed by atoms with van der Waals surface area (Å²) in [6.07, 6.45) is 4.65. The van der Waals surface area contributed by atoms with Crippen LogP contribution in [0.2, 0.25) is 0 Å². The third-order valence-corrected chi connectivity index (χ3v) is 8.21. The first kappa shape index (κ1) is 26.8. The van der Waals surface area contributed by atoms with Gasteiger partial charge in [0, 0.05) is 61.8 Å². The van der Waals surface area contributed by atoms with Crippen LogP contribution < -0.4 is 19.9 Å². The van der Waals surface area contributed by atoms with Crippen molar-refractivity contribution in [3.05, 3.63) is 83.8 Å². The molecule has 2 aromatic carbocycles. The maximum absolute atomic E-state index is 14.0. The van der Waals surface area contributed by atoms with Gasteiger partial charge in [-0.1, -0.05) is 44.2 Å². The van der Waals surface area contributed by atoms with E-state index in [1.165, 1.54) is 0 Å². The molecule has 9 nitrogen and oxygen atoms in total. The number of piperazine rings is 1. The predicted molar refractivity (Wildman–Crippen MR) is 159 cm³/mol. The Morgan fingerprint density at radius 2 is 1.68 bits per heavy atom. The van der Waals surface area contributed by atoms with Crippen molar-refractivity contribution in [2.24, 2.45) is 5.41 Å². The van der Waals surface area contributed by atoms with E-state index in [1.807, 2.05) is 53.4 Å². The highest BCUT2D eigenvalue weighted by Gasteiger charge is 2.43. The fourth-order valence-corrected chi connectivity index (χ4v) is 6.30. The topological polar surface area (TPSA) is 90.9 Å². The monoisotopic (exact) mass is 552 g/mol. The van der Waals surface area contributed by atoms with Gasteiger partial charge < -0.3 is 24.8 Å². The zero-order valence-corrected chi connectivity index (χ0v) is 23.8. The molecule has 3 heterocycles. The molecule has 6 rings (SSSR count). The highest BCUT2D eigenvalue weighted by atomic mass is 16.5. The average Bonchev–Trinajstić information content (AvgIpc) is 3.11. The van der Waals surface area contributed by atoms with Crippen molar-refractivity contribution < 1.29 is 14.3 Å². The number of para-hydroxylation sites is 3. The molecule has 0 saturated carbocycles. The summed E-state index contributed by atoms with van der Waals surface area (Å²) in [5.41, 5.74) is 4.10. The van der Waals surface area contributed by atoms with E-state index in [9.17, 15) is 9.59 Å². The Hall–Kier alpha value is -4.40. The number of ketones is 1. The number of hydrogen-bond donors (Lipinski definition) is 1. The summed E-state index contributed by atoms with van der Waals surface area (Å²) >= 11 is 0. The number of fused-ring (bicyclic) bond motifs is 1. The van der Waals surface area contributed by atoms with Crippen LogP contribution in [-0.2, 0) is 9.59 Å². The molecule has 9 heteroatoms. The van der Waals surface area contributed by atoms with Crippen molar-refractivity contribution in [1.82, 2.24) is 14.9 Å². The van der Waals surface area contributed by atoms with Crippen LogP contribution in [-0.4, -0.2) is 66.4 Å². The first-order valence-corrected chi connectivity index (χ1v) is 14.2. The lowest BCUT2D eigenvalue weighted by Gasteiger charge is -2.40. The van der Waals surface area contributed by atoms with Gasteiger partial charge in [-0.25, -0.2) is 9.97 Å². The predicted octanol–water partition coefficient (Wildman–Crippen LogP) is 4.45. The molecule has 2 aliphatic heterocycles. The number of nitrogens with one attached hydrogen (secondary N) is 1. The van der Waals surface area contributed by atoms with E-state index >= 15 is 0 Å². The quantitative estimate of drug-likeness (QED) is 0.497. The van der Waals surface area contributed by atoms with E-state index in [4.69, 9.17) is 4.74 Å². The third kappa shape index (κ3) is 5.24. The summed E-state index contributed by atoms with van der Waals surface area (Å²) < 4.78 is 5.81. The number of allylic oxidation sites excluding steroid dienone is 1. The smallest absolute Gasteiger partial charge is 0.242 e. The van der Waals surface area contributed by atoms with E-state index in [2.05, 4.69) is 38.9 Å². The fraction of sp³-hybridized carbons (Fsp3) is 0.375. The summed E-state index contributed by atoms with van der Waals surface area (Å²) in [5, 5.41) is 3.62. The van der Waals surface area contributed by atoms with Gasteiger partial charge >= 0.3 is 0 Å². The molecular weight excluding hydrogens is 516 g/mol. The van der Waals surface area contributed by atoms with Crippen molar-refractivity contribution in [2.45, 2.75) is 32.7 Å². The molecule has 3 aliphatic rings. The second-order valence-electron chi connectivity index (χ2n) is 11.7. The minimum atomic E-state index is -0.483. The molecule has 41 heavy (non-hydrogen) atoms. The Labute approximate surface area is 240 Å². The number of amides is 1. The van der Waals surface area contributed by atoms with Crippen molar-refractivity contribution in [1.29, 1.82) is 0 Å². The van der Waals surface area contributed by atoms with Gasteiger partial charge in [0.1, 0.15) is 5.75 Å². The van der Waals surface area contributed by atoms with Crippen molar-refractivity contribution in [3.8, 4) is 5.75 Å². The SMILES string of the molecule is COc1ccccc1C1C2=C(CC(C)(C)CC2=O)Nc2ccccc2N1CC(=O)N1CCN(c2ncccn2)CC1. The third-order valence-electron chi connectivity index (χ3n) is 8.21. The average molecular weight is 553 g/mol. The lowest BCUT2D eigenvalue weighted by molar-refractivity contribution is -0.130. The van der Waals surface area contributed by atoms with Gasteiger partial charge in [-0.2, -0.15) is 0 Å². The van der Waals surface area contributed by atoms with Crippen LogP contribution in [0.1, 0.15) is 38.3 Å². The number of benzene rings is 2. The molecule has 0 spiro atoms. The molecule has 3 aromatic rings. The van der Waals surface area contributed by atoms with Crippen LogP contribution in [0.4, 0.5) is 17.3 Å². The maximum atomic E-state index is 14.0. The first-order valence-electron chi connectivity index (χ1n) is 14.2. The normalized spacial score (nSPS) is 20.1.